The zero-order valence-corrected chi connectivity index (χ0v) is 9.05. The molecule has 14 heavy (non-hydrogen) atoms. The molecule has 78 valence electrons. The van der Waals surface area contributed by atoms with Gasteiger partial charge in [-0.05, 0) is 19.4 Å². The van der Waals surface area contributed by atoms with Gasteiger partial charge in [-0.25, -0.2) is 4.39 Å². The van der Waals surface area contributed by atoms with Gasteiger partial charge in [0.05, 0.1) is 17.3 Å². The molecule has 0 spiro atoms. The van der Waals surface area contributed by atoms with E-state index in [1.165, 1.54) is 6.20 Å². The molecule has 1 heterocycles. The summed E-state index contributed by atoms with van der Waals surface area (Å²) in [6.07, 6.45) is 3.59. The average molecular weight is 217 g/mol. The highest BCUT2D eigenvalue weighted by molar-refractivity contribution is 6.21. The number of halogens is 2. The van der Waals surface area contributed by atoms with E-state index in [1.54, 1.807) is 12.3 Å². The van der Waals surface area contributed by atoms with Crippen molar-refractivity contribution in [2.75, 3.05) is 5.32 Å². The number of anilines is 1. The van der Waals surface area contributed by atoms with Crippen molar-refractivity contribution < 1.29 is 4.39 Å². The molecule has 1 rings (SSSR count). The standard InChI is InChI=1S/C10H14ClFN2/c1-3-9(7(2)11)14-10-4-5-13-6-8(10)12/h4-7,9H,3H2,1-2H3,(H,13,14). The molecule has 0 aliphatic heterocycles. The van der Waals surface area contributed by atoms with Gasteiger partial charge in [-0.1, -0.05) is 6.92 Å². The lowest BCUT2D eigenvalue weighted by Gasteiger charge is -2.20. The van der Waals surface area contributed by atoms with Gasteiger partial charge in [0.25, 0.3) is 0 Å². The Bertz CT molecular complexity index is 291. The third kappa shape index (κ3) is 2.84. The summed E-state index contributed by atoms with van der Waals surface area (Å²) in [7, 11) is 0. The summed E-state index contributed by atoms with van der Waals surface area (Å²) in [5.41, 5.74) is 0.458. The first-order valence-electron chi connectivity index (χ1n) is 4.65. The number of alkyl halides is 1. The molecular formula is C10H14ClFN2. The number of rotatable bonds is 4. The molecule has 0 aliphatic carbocycles. The molecule has 0 bridgehead atoms. The van der Waals surface area contributed by atoms with Crippen LogP contribution in [0, 0.1) is 5.82 Å². The molecule has 0 fully saturated rings. The van der Waals surface area contributed by atoms with E-state index in [0.29, 0.717) is 5.69 Å². The largest absolute Gasteiger partial charge is 0.378 e. The zero-order chi connectivity index (χ0) is 10.6. The van der Waals surface area contributed by atoms with Crippen molar-refractivity contribution in [3.63, 3.8) is 0 Å². The van der Waals surface area contributed by atoms with Crippen molar-refractivity contribution in [1.82, 2.24) is 4.98 Å². The highest BCUT2D eigenvalue weighted by atomic mass is 35.5. The molecular weight excluding hydrogens is 203 g/mol. The zero-order valence-electron chi connectivity index (χ0n) is 8.30. The Balaban J connectivity index is 2.72. The van der Waals surface area contributed by atoms with E-state index in [9.17, 15) is 4.39 Å². The fourth-order valence-corrected chi connectivity index (χ4v) is 1.47. The van der Waals surface area contributed by atoms with Gasteiger partial charge in [0.15, 0.2) is 5.82 Å². The van der Waals surface area contributed by atoms with Gasteiger partial charge >= 0.3 is 0 Å². The molecule has 1 aromatic rings. The summed E-state index contributed by atoms with van der Waals surface area (Å²) in [6.45, 7) is 3.90. The maximum atomic E-state index is 13.2. The first-order valence-corrected chi connectivity index (χ1v) is 5.09. The van der Waals surface area contributed by atoms with Gasteiger partial charge < -0.3 is 5.32 Å². The first-order chi connectivity index (χ1) is 6.65. The number of pyridine rings is 1. The maximum absolute atomic E-state index is 13.2. The normalized spacial score (nSPS) is 14.9. The van der Waals surface area contributed by atoms with E-state index in [-0.39, 0.29) is 17.2 Å². The van der Waals surface area contributed by atoms with Crippen molar-refractivity contribution >= 4 is 17.3 Å². The van der Waals surface area contributed by atoms with Crippen LogP contribution in [0.2, 0.25) is 0 Å². The van der Waals surface area contributed by atoms with Crippen LogP contribution in [-0.2, 0) is 0 Å². The molecule has 0 saturated heterocycles. The van der Waals surface area contributed by atoms with Crippen LogP contribution in [0.15, 0.2) is 18.5 Å². The van der Waals surface area contributed by atoms with Crippen molar-refractivity contribution in [2.24, 2.45) is 0 Å². The summed E-state index contributed by atoms with van der Waals surface area (Å²) in [6, 6.07) is 1.69. The van der Waals surface area contributed by atoms with Crippen LogP contribution in [-0.4, -0.2) is 16.4 Å². The molecule has 0 aromatic carbocycles. The number of aromatic nitrogens is 1. The molecule has 2 atom stereocenters. The van der Waals surface area contributed by atoms with Gasteiger partial charge in [-0.3, -0.25) is 4.98 Å². The predicted molar refractivity (Wildman–Crippen MR) is 57.2 cm³/mol. The SMILES string of the molecule is CCC(Nc1ccncc1F)C(C)Cl. The number of hydrogen-bond donors (Lipinski definition) is 1. The van der Waals surface area contributed by atoms with Crippen molar-refractivity contribution in [1.29, 1.82) is 0 Å². The fourth-order valence-electron chi connectivity index (χ4n) is 1.23. The minimum absolute atomic E-state index is 0.0347. The Kier molecular flexibility index (Phi) is 4.14. The Labute approximate surface area is 88.5 Å². The number of hydrogen-bond acceptors (Lipinski definition) is 2. The summed E-state index contributed by atoms with van der Waals surface area (Å²) in [4.78, 5) is 3.67. The summed E-state index contributed by atoms with van der Waals surface area (Å²) in [5.74, 6) is -0.344. The van der Waals surface area contributed by atoms with Gasteiger partial charge in [-0.2, -0.15) is 0 Å². The second-order valence-corrected chi connectivity index (χ2v) is 3.88. The summed E-state index contributed by atoms with van der Waals surface area (Å²) >= 11 is 5.95. The topological polar surface area (TPSA) is 24.9 Å². The second kappa shape index (κ2) is 5.15. The molecule has 0 amide bonds. The molecule has 0 aliphatic rings. The second-order valence-electron chi connectivity index (χ2n) is 3.19. The van der Waals surface area contributed by atoms with Crippen LogP contribution in [0.4, 0.5) is 10.1 Å². The van der Waals surface area contributed by atoms with Crippen LogP contribution in [0.1, 0.15) is 20.3 Å². The van der Waals surface area contributed by atoms with E-state index in [2.05, 4.69) is 10.3 Å². The molecule has 2 unspecified atom stereocenters. The van der Waals surface area contributed by atoms with E-state index >= 15 is 0 Å². The van der Waals surface area contributed by atoms with Crippen molar-refractivity contribution in [2.45, 2.75) is 31.7 Å². The molecule has 1 N–H and O–H groups in total. The molecule has 0 saturated carbocycles. The average Bonchev–Trinajstić information content (AvgIpc) is 2.16. The van der Waals surface area contributed by atoms with Crippen LogP contribution < -0.4 is 5.32 Å². The van der Waals surface area contributed by atoms with Crippen LogP contribution in [0.3, 0.4) is 0 Å². The van der Waals surface area contributed by atoms with Crippen molar-refractivity contribution in [3.8, 4) is 0 Å². The monoisotopic (exact) mass is 216 g/mol. The molecule has 0 radical (unpaired) electrons. The lowest BCUT2D eigenvalue weighted by atomic mass is 10.1. The predicted octanol–water partition coefficient (Wildman–Crippen LogP) is 3.04. The summed E-state index contributed by atoms with van der Waals surface area (Å²) in [5, 5.41) is 3.01. The number of nitrogens with one attached hydrogen (secondary N) is 1. The van der Waals surface area contributed by atoms with Crippen LogP contribution in [0.5, 0.6) is 0 Å². The maximum Gasteiger partial charge on any atom is 0.164 e. The van der Waals surface area contributed by atoms with Crippen LogP contribution >= 0.6 is 11.6 Å². The highest BCUT2D eigenvalue weighted by Crippen LogP contribution is 2.16. The Morgan fingerprint density at radius 3 is 2.86 bits per heavy atom. The highest BCUT2D eigenvalue weighted by Gasteiger charge is 2.13. The molecule has 4 heteroatoms. The molecule has 1 aromatic heterocycles. The van der Waals surface area contributed by atoms with Gasteiger partial charge in [-0.15, -0.1) is 11.6 Å². The smallest absolute Gasteiger partial charge is 0.164 e. The minimum Gasteiger partial charge on any atom is -0.378 e. The number of nitrogens with zero attached hydrogens (tertiary/aromatic N) is 1. The Hall–Kier alpha value is -0.830. The van der Waals surface area contributed by atoms with Gasteiger partial charge in [0, 0.05) is 12.2 Å². The van der Waals surface area contributed by atoms with Crippen LogP contribution in [0.25, 0.3) is 0 Å². The lowest BCUT2D eigenvalue weighted by molar-refractivity contribution is 0.612. The van der Waals surface area contributed by atoms with E-state index < -0.39 is 0 Å². The van der Waals surface area contributed by atoms with Gasteiger partial charge in [0.2, 0.25) is 0 Å². The third-order valence-electron chi connectivity index (χ3n) is 2.11. The first kappa shape index (κ1) is 11.2. The lowest BCUT2D eigenvalue weighted by Crippen LogP contribution is -2.27. The van der Waals surface area contributed by atoms with E-state index in [0.717, 1.165) is 6.42 Å². The molecule has 2 nitrogen and oxygen atoms in total. The van der Waals surface area contributed by atoms with E-state index in [1.807, 2.05) is 13.8 Å². The fraction of sp³-hybridized carbons (Fsp3) is 0.500. The Morgan fingerprint density at radius 2 is 2.36 bits per heavy atom. The quantitative estimate of drug-likeness (QED) is 0.783. The van der Waals surface area contributed by atoms with Crippen molar-refractivity contribution in [3.05, 3.63) is 24.3 Å². The summed E-state index contributed by atoms with van der Waals surface area (Å²) < 4.78 is 13.2. The van der Waals surface area contributed by atoms with E-state index in [4.69, 9.17) is 11.6 Å². The Morgan fingerprint density at radius 1 is 1.64 bits per heavy atom. The third-order valence-corrected chi connectivity index (χ3v) is 2.41. The van der Waals surface area contributed by atoms with Gasteiger partial charge in [0.1, 0.15) is 0 Å². The minimum atomic E-state index is -0.344.